The Morgan fingerprint density at radius 1 is 0.882 bits per heavy atom. The zero-order valence-corrected chi connectivity index (χ0v) is 11.4. The third-order valence-electron chi connectivity index (χ3n) is 2.10. The van der Waals surface area contributed by atoms with Gasteiger partial charge in [0, 0.05) is 13.2 Å². The van der Waals surface area contributed by atoms with Crippen molar-refractivity contribution >= 4 is 0 Å². The molecule has 0 aliphatic carbocycles. The van der Waals surface area contributed by atoms with Crippen molar-refractivity contribution in [3.05, 3.63) is 0 Å². The second-order valence-corrected chi connectivity index (χ2v) is 3.75. The molecule has 0 aromatic rings. The Bertz CT molecular complexity index is 146. The van der Waals surface area contributed by atoms with Gasteiger partial charge in [0.15, 0.2) is 0 Å². The van der Waals surface area contributed by atoms with E-state index in [9.17, 15) is 0 Å². The van der Waals surface area contributed by atoms with Gasteiger partial charge in [-0.25, -0.2) is 0 Å². The molecule has 5 nitrogen and oxygen atoms in total. The van der Waals surface area contributed by atoms with Crippen molar-refractivity contribution in [1.29, 1.82) is 0 Å². The Morgan fingerprint density at radius 3 is 1.94 bits per heavy atom. The summed E-state index contributed by atoms with van der Waals surface area (Å²) in [4.78, 5) is 0. The molecule has 0 aliphatic rings. The highest BCUT2D eigenvalue weighted by Crippen LogP contribution is 1.85. The highest BCUT2D eigenvalue weighted by molar-refractivity contribution is 4.56. The summed E-state index contributed by atoms with van der Waals surface area (Å²) < 4.78 is 20.9. The van der Waals surface area contributed by atoms with Crippen LogP contribution in [-0.2, 0) is 18.9 Å². The summed E-state index contributed by atoms with van der Waals surface area (Å²) in [7, 11) is 1.66. The predicted molar refractivity (Wildman–Crippen MR) is 67.5 cm³/mol. The van der Waals surface area contributed by atoms with Gasteiger partial charge in [0.1, 0.15) is 0 Å². The maximum atomic E-state index is 5.44. The van der Waals surface area contributed by atoms with Gasteiger partial charge in [-0.1, -0.05) is 6.92 Å². The van der Waals surface area contributed by atoms with Gasteiger partial charge in [-0.2, -0.15) is 0 Å². The van der Waals surface area contributed by atoms with Crippen LogP contribution >= 0.6 is 0 Å². The van der Waals surface area contributed by atoms with Crippen LogP contribution < -0.4 is 5.32 Å². The molecule has 1 N–H and O–H groups in total. The summed E-state index contributed by atoms with van der Waals surface area (Å²) >= 11 is 0. The second kappa shape index (κ2) is 13.9. The number of hydrogen-bond donors (Lipinski definition) is 1. The van der Waals surface area contributed by atoms with Crippen LogP contribution in [0.3, 0.4) is 0 Å². The first-order valence-electron chi connectivity index (χ1n) is 6.26. The van der Waals surface area contributed by atoms with Crippen molar-refractivity contribution in [2.75, 3.05) is 59.9 Å². The minimum absolute atomic E-state index is 0.400. The van der Waals surface area contributed by atoms with E-state index in [1.165, 1.54) is 0 Å². The third kappa shape index (κ3) is 13.7. The van der Waals surface area contributed by atoms with E-state index in [0.717, 1.165) is 13.2 Å². The molecule has 17 heavy (non-hydrogen) atoms. The van der Waals surface area contributed by atoms with E-state index < -0.39 is 0 Å². The van der Waals surface area contributed by atoms with Crippen LogP contribution in [0.25, 0.3) is 0 Å². The molecule has 5 heteroatoms. The van der Waals surface area contributed by atoms with Crippen LogP contribution in [0.15, 0.2) is 0 Å². The lowest BCUT2D eigenvalue weighted by molar-refractivity contribution is 0.00147. The molecule has 0 aromatic carbocycles. The van der Waals surface area contributed by atoms with E-state index >= 15 is 0 Å². The van der Waals surface area contributed by atoms with E-state index in [0.29, 0.717) is 45.7 Å². The van der Waals surface area contributed by atoms with E-state index in [2.05, 4.69) is 19.2 Å². The maximum Gasteiger partial charge on any atom is 0.0701 e. The molecule has 0 bridgehead atoms. The van der Waals surface area contributed by atoms with E-state index in [1.807, 2.05) is 0 Å². The van der Waals surface area contributed by atoms with Gasteiger partial charge in [-0.05, 0) is 13.5 Å². The molecule has 1 atom stereocenters. The number of hydrogen-bond acceptors (Lipinski definition) is 5. The van der Waals surface area contributed by atoms with Crippen LogP contribution in [0.2, 0.25) is 0 Å². The van der Waals surface area contributed by atoms with Crippen LogP contribution in [0.1, 0.15) is 13.8 Å². The molecule has 1 unspecified atom stereocenters. The summed E-state index contributed by atoms with van der Waals surface area (Å²) in [6.07, 6.45) is 0. The van der Waals surface area contributed by atoms with Crippen LogP contribution in [-0.4, -0.2) is 65.9 Å². The zero-order chi connectivity index (χ0) is 12.8. The molecule has 0 spiro atoms. The molecular formula is C12H27NO4. The molecule has 0 amide bonds. The van der Waals surface area contributed by atoms with Crippen molar-refractivity contribution in [3.63, 3.8) is 0 Å². The normalized spacial score (nSPS) is 12.9. The summed E-state index contributed by atoms with van der Waals surface area (Å²) in [5, 5.41) is 3.28. The lowest BCUT2D eigenvalue weighted by Crippen LogP contribution is -2.30. The molecule has 0 saturated carbocycles. The number of ether oxygens (including phenoxy) is 4. The topological polar surface area (TPSA) is 49.0 Å². The minimum Gasteiger partial charge on any atom is -0.382 e. The number of nitrogens with one attached hydrogen (secondary N) is 1. The zero-order valence-electron chi connectivity index (χ0n) is 11.4. The fourth-order valence-corrected chi connectivity index (χ4v) is 1.25. The van der Waals surface area contributed by atoms with E-state index in [1.54, 1.807) is 7.11 Å². The van der Waals surface area contributed by atoms with Crippen LogP contribution in [0, 0.1) is 0 Å². The van der Waals surface area contributed by atoms with Crippen molar-refractivity contribution in [2.24, 2.45) is 0 Å². The van der Waals surface area contributed by atoms with Gasteiger partial charge >= 0.3 is 0 Å². The average Bonchev–Trinajstić information content (AvgIpc) is 2.32. The first kappa shape index (κ1) is 16.8. The molecule has 0 saturated heterocycles. The average molecular weight is 249 g/mol. The Hall–Kier alpha value is -0.200. The molecule has 0 aromatic heterocycles. The molecule has 0 fully saturated rings. The summed E-state index contributed by atoms with van der Waals surface area (Å²) in [6.45, 7) is 9.60. The first-order chi connectivity index (χ1) is 8.31. The summed E-state index contributed by atoms with van der Waals surface area (Å²) in [6, 6.07) is 0.400. The number of likely N-dealkylation sites (N-methyl/N-ethyl adjacent to an activating group) is 1. The largest absolute Gasteiger partial charge is 0.382 e. The van der Waals surface area contributed by atoms with E-state index in [4.69, 9.17) is 18.9 Å². The second-order valence-electron chi connectivity index (χ2n) is 3.75. The highest BCUT2D eigenvalue weighted by Gasteiger charge is 1.98. The van der Waals surface area contributed by atoms with Gasteiger partial charge in [-0.3, -0.25) is 0 Å². The van der Waals surface area contributed by atoms with Gasteiger partial charge in [0.05, 0.1) is 46.2 Å². The Balaban J connectivity index is 2.98. The van der Waals surface area contributed by atoms with Gasteiger partial charge in [0.25, 0.3) is 0 Å². The monoisotopic (exact) mass is 249 g/mol. The lowest BCUT2D eigenvalue weighted by Gasteiger charge is -2.12. The molecule has 0 rings (SSSR count). The Morgan fingerprint density at radius 2 is 1.41 bits per heavy atom. The first-order valence-corrected chi connectivity index (χ1v) is 6.26. The fraction of sp³-hybridized carbons (Fsp3) is 1.00. The smallest absolute Gasteiger partial charge is 0.0701 e. The third-order valence-corrected chi connectivity index (χ3v) is 2.10. The van der Waals surface area contributed by atoms with Crippen molar-refractivity contribution in [3.8, 4) is 0 Å². The lowest BCUT2D eigenvalue weighted by atomic mass is 10.3. The SMILES string of the molecule is CCNC(C)COCCOCCOCCOC. The molecule has 104 valence electrons. The van der Waals surface area contributed by atoms with Gasteiger partial charge in [-0.15, -0.1) is 0 Å². The van der Waals surface area contributed by atoms with Gasteiger partial charge in [0.2, 0.25) is 0 Å². The highest BCUT2D eigenvalue weighted by atomic mass is 16.6. The standard InChI is InChI=1S/C12H27NO4/c1-4-13-12(2)11-17-10-9-16-8-7-15-6-5-14-3/h12-13H,4-11H2,1-3H3. The van der Waals surface area contributed by atoms with Gasteiger partial charge < -0.3 is 24.3 Å². The predicted octanol–water partition coefficient (Wildman–Crippen LogP) is 0.681. The number of methoxy groups -OCH3 is 1. The van der Waals surface area contributed by atoms with E-state index in [-0.39, 0.29) is 0 Å². The maximum absolute atomic E-state index is 5.44. The quantitative estimate of drug-likeness (QED) is 0.486. The van der Waals surface area contributed by atoms with Crippen LogP contribution in [0.5, 0.6) is 0 Å². The van der Waals surface area contributed by atoms with Crippen LogP contribution in [0.4, 0.5) is 0 Å². The Labute approximate surface area is 105 Å². The molecule has 0 radical (unpaired) electrons. The van der Waals surface area contributed by atoms with Crippen molar-refractivity contribution in [2.45, 2.75) is 19.9 Å². The molecular weight excluding hydrogens is 222 g/mol. The van der Waals surface area contributed by atoms with Crippen molar-refractivity contribution in [1.82, 2.24) is 5.32 Å². The molecule has 0 aliphatic heterocycles. The fourth-order valence-electron chi connectivity index (χ4n) is 1.25. The molecule has 0 heterocycles. The summed E-state index contributed by atoms with van der Waals surface area (Å²) in [5.74, 6) is 0. The minimum atomic E-state index is 0.400. The number of rotatable bonds is 13. The summed E-state index contributed by atoms with van der Waals surface area (Å²) in [5.41, 5.74) is 0. The van der Waals surface area contributed by atoms with Crippen molar-refractivity contribution < 1.29 is 18.9 Å². The Kier molecular flexibility index (Phi) is 13.7.